The molecule has 0 saturated heterocycles. The Morgan fingerprint density at radius 3 is 2.68 bits per heavy atom. The molecule has 0 aliphatic carbocycles. The third-order valence-electron chi connectivity index (χ3n) is 2.58. The maximum Gasteiger partial charge on any atom is 0.316 e. The number of nitrogens with one attached hydrogen (secondary N) is 2. The van der Waals surface area contributed by atoms with Crippen LogP contribution < -0.4 is 16.6 Å². The van der Waals surface area contributed by atoms with Crippen molar-refractivity contribution in [1.82, 2.24) is 4.98 Å². The van der Waals surface area contributed by atoms with E-state index in [1.165, 1.54) is 0 Å². The van der Waals surface area contributed by atoms with Crippen molar-refractivity contribution in [3.8, 4) is 0 Å². The summed E-state index contributed by atoms with van der Waals surface area (Å²) in [7, 11) is 0. The molecule has 0 bridgehead atoms. The molecule has 1 heterocycles. The molecule has 0 amide bonds. The van der Waals surface area contributed by atoms with Gasteiger partial charge in [0.1, 0.15) is 11.4 Å². The van der Waals surface area contributed by atoms with E-state index >= 15 is 0 Å². The van der Waals surface area contributed by atoms with Crippen molar-refractivity contribution in [2.45, 2.75) is 6.54 Å². The molecule has 0 fully saturated rings. The molecular formula is C12H13N5O2. The molecule has 19 heavy (non-hydrogen) atoms. The number of aromatic nitrogens is 1. The first-order chi connectivity index (χ1) is 9.22. The zero-order chi connectivity index (χ0) is 13.7. The number of nitrogen functional groups attached to an aromatic ring is 1. The van der Waals surface area contributed by atoms with E-state index < -0.39 is 4.92 Å². The molecule has 2 aromatic rings. The molecule has 0 atom stereocenters. The predicted octanol–water partition coefficient (Wildman–Crippen LogP) is 1.89. The van der Waals surface area contributed by atoms with Crippen molar-refractivity contribution >= 4 is 17.1 Å². The number of hydrazine groups is 1. The summed E-state index contributed by atoms with van der Waals surface area (Å²) in [5, 5.41) is 14.1. The number of nitrogens with two attached hydrogens (primary N) is 1. The molecule has 1 aromatic heterocycles. The minimum Gasteiger partial charge on any atom is -0.375 e. The maximum absolute atomic E-state index is 11.1. The van der Waals surface area contributed by atoms with E-state index in [4.69, 9.17) is 5.84 Å². The molecule has 98 valence electrons. The van der Waals surface area contributed by atoms with Gasteiger partial charge in [-0.3, -0.25) is 20.9 Å². The van der Waals surface area contributed by atoms with Crippen molar-refractivity contribution in [3.05, 3.63) is 58.4 Å². The third kappa shape index (κ3) is 2.96. The summed E-state index contributed by atoms with van der Waals surface area (Å²) in [5.41, 5.74) is 3.85. The molecule has 2 rings (SSSR count). The number of anilines is 2. The van der Waals surface area contributed by atoms with Gasteiger partial charge in [0.05, 0.1) is 4.92 Å². The molecule has 0 saturated carbocycles. The Labute approximate surface area is 109 Å². The third-order valence-corrected chi connectivity index (χ3v) is 2.58. The van der Waals surface area contributed by atoms with Crippen LogP contribution in [0.2, 0.25) is 0 Å². The van der Waals surface area contributed by atoms with Crippen molar-refractivity contribution in [1.29, 1.82) is 0 Å². The molecular weight excluding hydrogens is 246 g/mol. The van der Waals surface area contributed by atoms with E-state index in [1.807, 2.05) is 12.1 Å². The average Bonchev–Trinajstić information content (AvgIpc) is 2.45. The van der Waals surface area contributed by atoms with Gasteiger partial charge in [0, 0.05) is 18.9 Å². The van der Waals surface area contributed by atoms with Crippen LogP contribution in [0.4, 0.5) is 17.1 Å². The first-order valence-electron chi connectivity index (χ1n) is 5.59. The van der Waals surface area contributed by atoms with Crippen molar-refractivity contribution in [2.75, 3.05) is 10.7 Å². The molecule has 1 aromatic carbocycles. The largest absolute Gasteiger partial charge is 0.375 e. The van der Waals surface area contributed by atoms with Gasteiger partial charge in [-0.05, 0) is 23.8 Å². The molecule has 0 unspecified atom stereocenters. The number of pyridine rings is 1. The topological polar surface area (TPSA) is 106 Å². The first-order valence-corrected chi connectivity index (χ1v) is 5.59. The van der Waals surface area contributed by atoms with Gasteiger partial charge in [-0.2, -0.15) is 0 Å². The van der Waals surface area contributed by atoms with Gasteiger partial charge in [-0.1, -0.05) is 12.1 Å². The lowest BCUT2D eigenvalue weighted by atomic mass is 10.2. The lowest BCUT2D eigenvalue weighted by Gasteiger charge is -2.09. The molecule has 7 heteroatoms. The number of nitro groups is 1. The van der Waals surface area contributed by atoms with Gasteiger partial charge in [0.15, 0.2) is 0 Å². The molecule has 7 nitrogen and oxygen atoms in total. The normalized spacial score (nSPS) is 9.95. The van der Waals surface area contributed by atoms with Gasteiger partial charge >= 0.3 is 5.69 Å². The Morgan fingerprint density at radius 2 is 2.05 bits per heavy atom. The van der Waals surface area contributed by atoms with E-state index in [0.29, 0.717) is 12.2 Å². The van der Waals surface area contributed by atoms with Crippen LogP contribution >= 0.6 is 0 Å². The van der Waals surface area contributed by atoms with Gasteiger partial charge in [0.25, 0.3) is 0 Å². The number of rotatable bonds is 5. The highest BCUT2D eigenvalue weighted by Crippen LogP contribution is 2.32. The van der Waals surface area contributed by atoms with Crippen LogP contribution in [-0.2, 0) is 6.54 Å². The maximum atomic E-state index is 11.1. The summed E-state index contributed by atoms with van der Waals surface area (Å²) >= 11 is 0. The molecule has 0 radical (unpaired) electrons. The number of nitro benzene ring substituents is 1. The number of benzene rings is 1. The first kappa shape index (κ1) is 12.8. The van der Waals surface area contributed by atoms with E-state index in [9.17, 15) is 10.1 Å². The van der Waals surface area contributed by atoms with Crippen LogP contribution in [0.15, 0.2) is 42.7 Å². The zero-order valence-electron chi connectivity index (χ0n) is 10.0. The van der Waals surface area contributed by atoms with Crippen LogP contribution in [0.25, 0.3) is 0 Å². The SMILES string of the molecule is NNc1cccc(NCc2cccnc2)c1[N+](=O)[O-]. The van der Waals surface area contributed by atoms with Crippen molar-refractivity contribution < 1.29 is 4.92 Å². The number of para-hydroxylation sites is 1. The molecule has 4 N–H and O–H groups in total. The Kier molecular flexibility index (Phi) is 3.89. The van der Waals surface area contributed by atoms with Crippen molar-refractivity contribution in [2.24, 2.45) is 5.84 Å². The van der Waals surface area contributed by atoms with Crippen molar-refractivity contribution in [3.63, 3.8) is 0 Å². The van der Waals surface area contributed by atoms with Crippen LogP contribution in [-0.4, -0.2) is 9.91 Å². The highest BCUT2D eigenvalue weighted by molar-refractivity contribution is 5.75. The number of hydrogen-bond acceptors (Lipinski definition) is 6. The fourth-order valence-electron chi connectivity index (χ4n) is 1.70. The van der Waals surface area contributed by atoms with Crippen LogP contribution in [0.1, 0.15) is 5.56 Å². The Balaban J connectivity index is 2.23. The average molecular weight is 259 g/mol. The minimum absolute atomic E-state index is 0.0751. The standard InChI is InChI=1S/C12H13N5O2/c13-16-11-5-1-4-10(12(11)17(18)19)15-8-9-3-2-6-14-7-9/h1-7,15-16H,8,13H2. The number of hydrogen-bond donors (Lipinski definition) is 3. The van der Waals surface area contributed by atoms with Gasteiger partial charge < -0.3 is 10.7 Å². The second kappa shape index (κ2) is 5.78. The second-order valence-corrected chi connectivity index (χ2v) is 3.82. The highest BCUT2D eigenvalue weighted by atomic mass is 16.6. The lowest BCUT2D eigenvalue weighted by Crippen LogP contribution is -2.11. The predicted molar refractivity (Wildman–Crippen MR) is 72.5 cm³/mol. The fourth-order valence-corrected chi connectivity index (χ4v) is 1.70. The second-order valence-electron chi connectivity index (χ2n) is 3.82. The Morgan fingerprint density at radius 1 is 1.26 bits per heavy atom. The zero-order valence-corrected chi connectivity index (χ0v) is 10.0. The summed E-state index contributed by atoms with van der Waals surface area (Å²) in [4.78, 5) is 14.6. The van der Waals surface area contributed by atoms with Crippen LogP contribution in [0, 0.1) is 10.1 Å². The molecule has 0 spiro atoms. The minimum atomic E-state index is -0.471. The quantitative estimate of drug-likeness (QED) is 0.430. The smallest absolute Gasteiger partial charge is 0.316 e. The van der Waals surface area contributed by atoms with Gasteiger partial charge in [-0.25, -0.2) is 0 Å². The summed E-state index contributed by atoms with van der Waals surface area (Å²) in [6.45, 7) is 0.447. The molecule has 0 aliphatic rings. The van der Waals surface area contributed by atoms with Crippen LogP contribution in [0.3, 0.4) is 0 Å². The summed E-state index contributed by atoms with van der Waals surface area (Å²) < 4.78 is 0. The van der Waals surface area contributed by atoms with E-state index in [1.54, 1.807) is 30.6 Å². The van der Waals surface area contributed by atoms with E-state index in [2.05, 4.69) is 15.7 Å². The fraction of sp³-hybridized carbons (Fsp3) is 0.0833. The van der Waals surface area contributed by atoms with E-state index in [-0.39, 0.29) is 11.4 Å². The van der Waals surface area contributed by atoms with Gasteiger partial charge in [0.2, 0.25) is 0 Å². The lowest BCUT2D eigenvalue weighted by molar-refractivity contribution is -0.383. The Bertz CT molecular complexity index is 574. The summed E-state index contributed by atoms with van der Waals surface area (Å²) in [6, 6.07) is 8.57. The monoisotopic (exact) mass is 259 g/mol. The van der Waals surface area contributed by atoms with Gasteiger partial charge in [-0.15, -0.1) is 0 Å². The highest BCUT2D eigenvalue weighted by Gasteiger charge is 2.18. The number of nitrogens with zero attached hydrogens (tertiary/aromatic N) is 2. The summed E-state index contributed by atoms with van der Waals surface area (Å²) in [6.07, 6.45) is 3.37. The van der Waals surface area contributed by atoms with Crippen LogP contribution in [0.5, 0.6) is 0 Å². The van der Waals surface area contributed by atoms with E-state index in [0.717, 1.165) is 5.56 Å². The Hall–Kier alpha value is -2.67. The molecule has 0 aliphatic heterocycles. The summed E-state index contributed by atoms with van der Waals surface area (Å²) in [5.74, 6) is 5.27.